The number of halogens is 3. The fourth-order valence-electron chi connectivity index (χ4n) is 1.79. The van der Waals surface area contributed by atoms with Gasteiger partial charge in [-0.05, 0) is 18.2 Å². The van der Waals surface area contributed by atoms with Crippen LogP contribution in [0.5, 0.6) is 0 Å². The number of nitrogens with zero attached hydrogens (tertiary/aromatic N) is 2. The van der Waals surface area contributed by atoms with Crippen LogP contribution in [0.1, 0.15) is 5.56 Å². The largest absolute Gasteiger partial charge is 0.416 e. The molecule has 1 N–H and O–H groups in total. The molecule has 0 aliphatic heterocycles. The molecule has 8 heteroatoms. The van der Waals surface area contributed by atoms with Gasteiger partial charge in [0.05, 0.1) is 10.5 Å². The lowest BCUT2D eigenvalue weighted by molar-refractivity contribution is -0.384. The lowest BCUT2D eigenvalue weighted by atomic mass is 10.1. The van der Waals surface area contributed by atoms with Crippen LogP contribution in [0.2, 0.25) is 0 Å². The minimum absolute atomic E-state index is 0.0358. The first kappa shape index (κ1) is 14.8. The summed E-state index contributed by atoms with van der Waals surface area (Å²) in [6.07, 6.45) is -4.52. The maximum absolute atomic E-state index is 12.7. The molecule has 1 heterocycles. The average molecular weight is 297 g/mol. The maximum Gasteiger partial charge on any atom is 0.416 e. The molecule has 0 saturated heterocycles. The van der Waals surface area contributed by atoms with Gasteiger partial charge >= 0.3 is 6.18 Å². The molecule has 1 aromatic carbocycles. The summed E-state index contributed by atoms with van der Waals surface area (Å²) in [5, 5.41) is 13.7. The SMILES string of the molecule is CNc1ccc([N+](=O)[O-])c(-c2cccc(C(F)(F)F)c2)n1. The number of anilines is 1. The molecule has 0 aliphatic carbocycles. The van der Waals surface area contributed by atoms with Crippen molar-refractivity contribution < 1.29 is 18.1 Å². The number of nitro groups is 1. The lowest BCUT2D eigenvalue weighted by Gasteiger charge is -2.09. The zero-order chi connectivity index (χ0) is 15.6. The van der Waals surface area contributed by atoms with E-state index in [0.717, 1.165) is 12.1 Å². The Morgan fingerprint density at radius 1 is 1.24 bits per heavy atom. The highest BCUT2D eigenvalue weighted by Crippen LogP contribution is 2.34. The minimum atomic E-state index is -4.52. The molecule has 2 rings (SSSR count). The predicted octanol–water partition coefficient (Wildman–Crippen LogP) is 3.72. The van der Waals surface area contributed by atoms with Crippen molar-refractivity contribution in [3.8, 4) is 11.3 Å². The molecule has 0 aliphatic rings. The highest BCUT2D eigenvalue weighted by molar-refractivity contribution is 5.72. The zero-order valence-electron chi connectivity index (χ0n) is 10.8. The second-order valence-corrected chi connectivity index (χ2v) is 4.15. The van der Waals surface area contributed by atoms with E-state index < -0.39 is 16.7 Å². The molecule has 0 radical (unpaired) electrons. The number of benzene rings is 1. The van der Waals surface area contributed by atoms with Gasteiger partial charge in [0.2, 0.25) is 0 Å². The third kappa shape index (κ3) is 3.10. The minimum Gasteiger partial charge on any atom is -0.373 e. The van der Waals surface area contributed by atoms with Gasteiger partial charge in [-0.25, -0.2) is 4.98 Å². The van der Waals surface area contributed by atoms with Gasteiger partial charge in [-0.15, -0.1) is 0 Å². The van der Waals surface area contributed by atoms with Crippen LogP contribution in [-0.2, 0) is 6.18 Å². The summed E-state index contributed by atoms with van der Waals surface area (Å²) >= 11 is 0. The van der Waals surface area contributed by atoms with Crippen LogP contribution < -0.4 is 5.32 Å². The Bertz CT molecular complexity index is 687. The molecular weight excluding hydrogens is 287 g/mol. The first-order valence-corrected chi connectivity index (χ1v) is 5.83. The second-order valence-electron chi connectivity index (χ2n) is 4.15. The Hall–Kier alpha value is -2.64. The molecule has 0 unspecified atom stereocenters. The Balaban J connectivity index is 2.62. The molecule has 0 saturated carbocycles. The number of aromatic nitrogens is 1. The second kappa shape index (κ2) is 5.39. The smallest absolute Gasteiger partial charge is 0.373 e. The summed E-state index contributed by atoms with van der Waals surface area (Å²) in [5.41, 5.74) is -1.31. The van der Waals surface area contributed by atoms with Gasteiger partial charge in [-0.3, -0.25) is 10.1 Å². The van der Waals surface area contributed by atoms with E-state index in [1.165, 1.54) is 24.3 Å². The van der Waals surface area contributed by atoms with Gasteiger partial charge in [0.15, 0.2) is 5.69 Å². The summed E-state index contributed by atoms with van der Waals surface area (Å²) in [7, 11) is 1.56. The standard InChI is InChI=1S/C13H10F3N3O2/c1-17-11-6-5-10(19(20)21)12(18-11)8-3-2-4-9(7-8)13(14,15)16/h2-7H,1H3,(H,17,18). The van der Waals surface area contributed by atoms with Crippen LogP contribution in [-0.4, -0.2) is 17.0 Å². The zero-order valence-corrected chi connectivity index (χ0v) is 10.8. The Morgan fingerprint density at radius 2 is 1.95 bits per heavy atom. The van der Waals surface area contributed by atoms with Crippen molar-refractivity contribution >= 4 is 11.5 Å². The third-order valence-corrected chi connectivity index (χ3v) is 2.79. The first-order valence-electron chi connectivity index (χ1n) is 5.83. The number of nitrogens with one attached hydrogen (secondary N) is 1. The number of pyridine rings is 1. The van der Waals surface area contributed by atoms with Crippen LogP contribution in [0.15, 0.2) is 36.4 Å². The van der Waals surface area contributed by atoms with Gasteiger partial charge in [-0.1, -0.05) is 12.1 Å². The van der Waals surface area contributed by atoms with Gasteiger partial charge in [0.1, 0.15) is 5.82 Å². The molecule has 0 atom stereocenters. The van der Waals surface area contributed by atoms with Crippen LogP contribution in [0.3, 0.4) is 0 Å². The molecule has 21 heavy (non-hydrogen) atoms. The summed E-state index contributed by atoms with van der Waals surface area (Å²) in [6, 6.07) is 6.87. The van der Waals surface area contributed by atoms with Gasteiger partial charge in [0.25, 0.3) is 5.69 Å². The van der Waals surface area contributed by atoms with Crippen molar-refractivity contribution in [2.75, 3.05) is 12.4 Å². The molecule has 0 fully saturated rings. The van der Waals surface area contributed by atoms with E-state index in [1.807, 2.05) is 0 Å². The molecule has 110 valence electrons. The van der Waals surface area contributed by atoms with Gasteiger partial charge in [0, 0.05) is 18.7 Å². The molecule has 2 aromatic rings. The molecule has 0 bridgehead atoms. The van der Waals surface area contributed by atoms with Crippen molar-refractivity contribution in [1.29, 1.82) is 0 Å². The normalized spacial score (nSPS) is 11.2. The van der Waals surface area contributed by atoms with Crippen LogP contribution >= 0.6 is 0 Å². The average Bonchev–Trinajstić information content (AvgIpc) is 2.45. The van der Waals surface area contributed by atoms with Crippen molar-refractivity contribution in [3.63, 3.8) is 0 Å². The summed E-state index contributed by atoms with van der Waals surface area (Å²) in [5.74, 6) is 0.327. The number of hydrogen-bond donors (Lipinski definition) is 1. The van der Waals surface area contributed by atoms with Crippen molar-refractivity contribution in [2.24, 2.45) is 0 Å². The van der Waals surface area contributed by atoms with E-state index in [0.29, 0.717) is 5.82 Å². The van der Waals surface area contributed by atoms with E-state index in [4.69, 9.17) is 0 Å². The van der Waals surface area contributed by atoms with Gasteiger partial charge < -0.3 is 5.32 Å². The third-order valence-electron chi connectivity index (χ3n) is 2.79. The lowest BCUT2D eigenvalue weighted by Crippen LogP contribution is -2.05. The fourth-order valence-corrected chi connectivity index (χ4v) is 1.79. The molecule has 0 amide bonds. The highest BCUT2D eigenvalue weighted by atomic mass is 19.4. The van der Waals surface area contributed by atoms with Crippen molar-refractivity contribution in [3.05, 3.63) is 52.1 Å². The monoisotopic (exact) mass is 297 g/mol. The predicted molar refractivity (Wildman–Crippen MR) is 70.9 cm³/mol. The van der Waals surface area contributed by atoms with Crippen molar-refractivity contribution in [1.82, 2.24) is 4.98 Å². The summed E-state index contributed by atoms with van der Waals surface area (Å²) in [4.78, 5) is 14.3. The Kier molecular flexibility index (Phi) is 3.79. The van der Waals surface area contributed by atoms with E-state index in [9.17, 15) is 23.3 Å². The quantitative estimate of drug-likeness (QED) is 0.692. The summed E-state index contributed by atoms with van der Waals surface area (Å²) in [6.45, 7) is 0. The number of hydrogen-bond acceptors (Lipinski definition) is 4. The van der Waals surface area contributed by atoms with Crippen LogP contribution in [0.4, 0.5) is 24.7 Å². The topological polar surface area (TPSA) is 68.1 Å². The van der Waals surface area contributed by atoms with Crippen LogP contribution in [0.25, 0.3) is 11.3 Å². The van der Waals surface area contributed by atoms with E-state index >= 15 is 0 Å². The van der Waals surface area contributed by atoms with Gasteiger partial charge in [-0.2, -0.15) is 13.2 Å². The fraction of sp³-hybridized carbons (Fsp3) is 0.154. The molecular formula is C13H10F3N3O2. The molecule has 1 aromatic heterocycles. The van der Waals surface area contributed by atoms with Crippen molar-refractivity contribution in [2.45, 2.75) is 6.18 Å². The molecule has 0 spiro atoms. The summed E-state index contributed by atoms with van der Waals surface area (Å²) < 4.78 is 38.2. The Labute approximate surface area is 117 Å². The van der Waals surface area contributed by atoms with Crippen LogP contribution in [0, 0.1) is 10.1 Å². The van der Waals surface area contributed by atoms with E-state index in [2.05, 4.69) is 10.3 Å². The molecule has 5 nitrogen and oxygen atoms in total. The maximum atomic E-state index is 12.7. The highest BCUT2D eigenvalue weighted by Gasteiger charge is 2.31. The van der Waals surface area contributed by atoms with E-state index in [-0.39, 0.29) is 16.9 Å². The van der Waals surface area contributed by atoms with E-state index in [1.54, 1.807) is 7.05 Å². The number of rotatable bonds is 3. The first-order chi connectivity index (χ1) is 9.82. The number of alkyl halides is 3. The Morgan fingerprint density at radius 3 is 2.52 bits per heavy atom.